The van der Waals surface area contributed by atoms with Gasteiger partial charge in [0.2, 0.25) is 0 Å². The Hall–Kier alpha value is -3.66. The van der Waals surface area contributed by atoms with Gasteiger partial charge in [0.25, 0.3) is 0 Å². The Morgan fingerprint density at radius 1 is 1.09 bits per heavy atom. The van der Waals surface area contributed by atoms with Gasteiger partial charge in [-0.25, -0.2) is 8.91 Å². The molecule has 4 heterocycles. The summed E-state index contributed by atoms with van der Waals surface area (Å²) < 4.78 is 17.5. The molecule has 1 atom stereocenters. The number of nitrogens with zero attached hydrogens (tertiary/aromatic N) is 7. The molecule has 1 fully saturated rings. The number of halogens is 1. The highest BCUT2D eigenvalue weighted by atomic mass is 32.2. The number of fused-ring (bicyclic) bond motifs is 1. The van der Waals surface area contributed by atoms with Gasteiger partial charge in [0.15, 0.2) is 0 Å². The second kappa shape index (κ2) is 8.94. The molecule has 5 rings (SSSR count). The van der Waals surface area contributed by atoms with Crippen LogP contribution in [-0.4, -0.2) is 44.4 Å². The quantitative estimate of drug-likeness (QED) is 0.425. The molecule has 1 aromatic carbocycles. The monoisotopic (exact) mass is 471 g/mol. The van der Waals surface area contributed by atoms with E-state index in [1.54, 1.807) is 10.6 Å². The van der Waals surface area contributed by atoms with Gasteiger partial charge < -0.3 is 4.90 Å². The Bertz CT molecular complexity index is 1470. The van der Waals surface area contributed by atoms with Crippen LogP contribution in [0.4, 0.5) is 4.39 Å². The average molecular weight is 472 g/mol. The van der Waals surface area contributed by atoms with Crippen LogP contribution in [0.5, 0.6) is 0 Å². The van der Waals surface area contributed by atoms with E-state index in [-0.39, 0.29) is 5.56 Å². The number of pyridine rings is 1. The summed E-state index contributed by atoms with van der Waals surface area (Å²) in [6.07, 6.45) is 7.56. The number of likely N-dealkylation sites (N-methyl/N-ethyl adjacent to an activating group) is 1. The van der Waals surface area contributed by atoms with Crippen LogP contribution in [0, 0.1) is 35.4 Å². The summed E-state index contributed by atoms with van der Waals surface area (Å²) in [5.74, 6) is -0.460. The fraction of sp³-hybridized carbons (Fsp3) is 0.280. The zero-order chi connectivity index (χ0) is 23.8. The van der Waals surface area contributed by atoms with Gasteiger partial charge in [0.1, 0.15) is 18.0 Å². The molecular formula is C25H22FN7S. The van der Waals surface area contributed by atoms with Gasteiger partial charge in [-0.05, 0) is 57.6 Å². The highest BCUT2D eigenvalue weighted by Gasteiger charge is 2.23. The second-order valence-electron chi connectivity index (χ2n) is 8.56. The van der Waals surface area contributed by atoms with E-state index in [1.807, 2.05) is 18.5 Å². The van der Waals surface area contributed by atoms with E-state index in [4.69, 9.17) is 5.10 Å². The number of piperidine rings is 1. The third-order valence-electron chi connectivity index (χ3n) is 6.28. The normalized spacial score (nSPS) is 16.4. The van der Waals surface area contributed by atoms with Crippen molar-refractivity contribution >= 4 is 17.3 Å². The minimum Gasteiger partial charge on any atom is -0.304 e. The number of aromatic nitrogens is 4. The lowest BCUT2D eigenvalue weighted by molar-refractivity contribution is 0.201. The summed E-state index contributed by atoms with van der Waals surface area (Å²) in [7, 11) is 2.14. The molecule has 0 N–H and O–H groups in total. The van der Waals surface area contributed by atoms with Crippen LogP contribution in [0.1, 0.15) is 35.7 Å². The van der Waals surface area contributed by atoms with E-state index in [2.05, 4.69) is 40.8 Å². The smallest absolute Gasteiger partial charge is 0.124 e. The van der Waals surface area contributed by atoms with Crippen LogP contribution < -0.4 is 0 Å². The molecule has 0 amide bonds. The molecular weight excluding hydrogens is 449 g/mol. The Morgan fingerprint density at radius 2 is 1.91 bits per heavy atom. The molecule has 170 valence electrons. The molecule has 0 unspecified atom stereocenters. The van der Waals surface area contributed by atoms with Crippen molar-refractivity contribution in [1.29, 1.82) is 10.5 Å². The van der Waals surface area contributed by atoms with Crippen molar-refractivity contribution in [1.82, 2.24) is 24.3 Å². The first-order chi connectivity index (χ1) is 16.5. The standard InChI is InChI=1S/C25H22FN7S/c1-16-22(13-30-33(16)21-4-3-7-31(2)15-21)18-9-24(25-19(11-28)12-29-32(25)14-18)34-23-6-5-20(26)8-17(23)10-27/h5-6,8-9,12-14,21H,3-4,7,15H2,1-2H3/t21-/m0/s1. The lowest BCUT2D eigenvalue weighted by Gasteiger charge is -2.30. The first-order valence-electron chi connectivity index (χ1n) is 11.0. The topological polar surface area (TPSA) is 85.9 Å². The van der Waals surface area contributed by atoms with Gasteiger partial charge >= 0.3 is 0 Å². The minimum atomic E-state index is -0.460. The molecule has 1 aliphatic rings. The van der Waals surface area contributed by atoms with Gasteiger partial charge in [0, 0.05) is 39.4 Å². The first-order valence-corrected chi connectivity index (χ1v) is 11.8. The fourth-order valence-electron chi connectivity index (χ4n) is 4.60. The zero-order valence-corrected chi connectivity index (χ0v) is 19.7. The summed E-state index contributed by atoms with van der Waals surface area (Å²) >= 11 is 1.33. The van der Waals surface area contributed by atoms with E-state index in [1.165, 1.54) is 30.1 Å². The molecule has 0 aliphatic carbocycles. The minimum absolute atomic E-state index is 0.247. The van der Waals surface area contributed by atoms with Crippen molar-refractivity contribution in [3.63, 3.8) is 0 Å². The maximum absolute atomic E-state index is 13.7. The third-order valence-corrected chi connectivity index (χ3v) is 7.39. The molecule has 1 aliphatic heterocycles. The highest BCUT2D eigenvalue weighted by Crippen LogP contribution is 2.38. The highest BCUT2D eigenvalue weighted by molar-refractivity contribution is 7.99. The SMILES string of the molecule is Cc1c(-c2cc(Sc3ccc(F)cc3C#N)c3c(C#N)cnn3c2)cnn1[C@H]1CCCN(C)C1. The van der Waals surface area contributed by atoms with E-state index < -0.39 is 5.82 Å². The summed E-state index contributed by atoms with van der Waals surface area (Å²) in [5, 5.41) is 28.2. The fourth-order valence-corrected chi connectivity index (χ4v) is 5.68. The molecule has 34 heavy (non-hydrogen) atoms. The Labute approximate surface area is 201 Å². The van der Waals surface area contributed by atoms with Gasteiger partial charge in [-0.1, -0.05) is 11.8 Å². The second-order valence-corrected chi connectivity index (χ2v) is 9.64. The van der Waals surface area contributed by atoms with Crippen molar-refractivity contribution in [2.45, 2.75) is 35.6 Å². The lowest BCUT2D eigenvalue weighted by Crippen LogP contribution is -2.34. The first kappa shape index (κ1) is 22.1. The van der Waals surface area contributed by atoms with Crippen molar-refractivity contribution in [2.75, 3.05) is 20.1 Å². The predicted molar refractivity (Wildman–Crippen MR) is 127 cm³/mol. The number of hydrogen-bond acceptors (Lipinski definition) is 6. The molecule has 0 radical (unpaired) electrons. The van der Waals surface area contributed by atoms with Crippen LogP contribution >= 0.6 is 11.8 Å². The maximum atomic E-state index is 13.7. The summed E-state index contributed by atoms with van der Waals surface area (Å²) in [5.41, 5.74) is 4.32. The van der Waals surface area contributed by atoms with Crippen LogP contribution in [0.25, 0.3) is 16.6 Å². The number of hydrogen-bond donors (Lipinski definition) is 0. The van der Waals surface area contributed by atoms with Crippen LogP contribution in [0.3, 0.4) is 0 Å². The summed E-state index contributed by atoms with van der Waals surface area (Å²) in [6.45, 7) is 4.15. The molecule has 0 bridgehead atoms. The van der Waals surface area contributed by atoms with E-state index >= 15 is 0 Å². The summed E-state index contributed by atoms with van der Waals surface area (Å²) in [4.78, 5) is 3.71. The van der Waals surface area contributed by atoms with Crippen LogP contribution in [0.15, 0.2) is 52.6 Å². The van der Waals surface area contributed by atoms with E-state index in [0.717, 1.165) is 47.6 Å². The molecule has 3 aromatic heterocycles. The van der Waals surface area contributed by atoms with Crippen LogP contribution in [0.2, 0.25) is 0 Å². The average Bonchev–Trinajstić information content (AvgIpc) is 3.43. The molecule has 0 saturated carbocycles. The lowest BCUT2D eigenvalue weighted by atomic mass is 10.1. The largest absolute Gasteiger partial charge is 0.304 e. The van der Waals surface area contributed by atoms with Gasteiger partial charge in [-0.3, -0.25) is 4.68 Å². The molecule has 7 nitrogen and oxygen atoms in total. The number of rotatable bonds is 4. The molecule has 9 heteroatoms. The third kappa shape index (κ3) is 3.94. The molecule has 4 aromatic rings. The van der Waals surface area contributed by atoms with Gasteiger partial charge in [-0.15, -0.1) is 0 Å². The van der Waals surface area contributed by atoms with Gasteiger partial charge in [0.05, 0.1) is 35.1 Å². The maximum Gasteiger partial charge on any atom is 0.124 e. The van der Waals surface area contributed by atoms with Gasteiger partial charge in [-0.2, -0.15) is 20.7 Å². The Kier molecular flexibility index (Phi) is 5.82. The Morgan fingerprint density at radius 3 is 2.68 bits per heavy atom. The van der Waals surface area contributed by atoms with E-state index in [9.17, 15) is 14.9 Å². The zero-order valence-electron chi connectivity index (χ0n) is 18.9. The number of benzene rings is 1. The van der Waals surface area contributed by atoms with Crippen molar-refractivity contribution in [3.05, 3.63) is 65.5 Å². The molecule has 1 saturated heterocycles. The number of nitriles is 2. The van der Waals surface area contributed by atoms with Crippen LogP contribution in [-0.2, 0) is 0 Å². The predicted octanol–water partition coefficient (Wildman–Crippen LogP) is 4.81. The van der Waals surface area contributed by atoms with E-state index in [0.29, 0.717) is 22.0 Å². The van der Waals surface area contributed by atoms with Crippen molar-refractivity contribution in [2.24, 2.45) is 0 Å². The molecule has 0 spiro atoms. The number of likely N-dealkylation sites (tertiary alicyclic amines) is 1. The Balaban J connectivity index is 1.61. The van der Waals surface area contributed by atoms with Crippen molar-refractivity contribution < 1.29 is 4.39 Å². The van der Waals surface area contributed by atoms with Crippen molar-refractivity contribution in [3.8, 4) is 23.3 Å². The summed E-state index contributed by atoms with van der Waals surface area (Å²) in [6, 6.07) is 10.7.